The molecular formula is C19H19ClN2O4S. The normalized spacial score (nSPS) is 11.7. The topological polar surface area (TPSA) is 68.7 Å². The van der Waals surface area contributed by atoms with Crippen LogP contribution < -0.4 is 9.47 Å². The van der Waals surface area contributed by atoms with Gasteiger partial charge in [0.2, 0.25) is 10.0 Å². The second-order valence-corrected chi connectivity index (χ2v) is 8.32. The van der Waals surface area contributed by atoms with E-state index in [-0.39, 0.29) is 11.4 Å². The van der Waals surface area contributed by atoms with E-state index in [9.17, 15) is 8.42 Å². The van der Waals surface area contributed by atoms with Crippen molar-refractivity contribution in [1.82, 2.24) is 9.29 Å². The number of rotatable bonds is 6. The molecule has 0 aliphatic heterocycles. The highest BCUT2D eigenvalue weighted by molar-refractivity contribution is 7.89. The van der Waals surface area contributed by atoms with E-state index in [1.54, 1.807) is 49.7 Å². The van der Waals surface area contributed by atoms with Gasteiger partial charge >= 0.3 is 0 Å². The lowest BCUT2D eigenvalue weighted by Crippen LogP contribution is -2.26. The molecule has 0 spiro atoms. The van der Waals surface area contributed by atoms with Crippen LogP contribution in [0, 0.1) is 0 Å². The Hall–Kier alpha value is -2.35. The van der Waals surface area contributed by atoms with Gasteiger partial charge in [0, 0.05) is 25.2 Å². The van der Waals surface area contributed by atoms with Gasteiger partial charge in [-0.15, -0.1) is 0 Å². The van der Waals surface area contributed by atoms with Crippen LogP contribution in [-0.4, -0.2) is 39.0 Å². The van der Waals surface area contributed by atoms with Crippen LogP contribution in [0.3, 0.4) is 0 Å². The number of benzene rings is 2. The Balaban J connectivity index is 1.98. The maximum Gasteiger partial charge on any atom is 0.243 e. The van der Waals surface area contributed by atoms with Gasteiger partial charge in [0.1, 0.15) is 0 Å². The summed E-state index contributed by atoms with van der Waals surface area (Å²) in [4.78, 5) is 4.36. The number of sulfonamides is 1. The Bertz CT molecular complexity index is 1090. The fraction of sp³-hybridized carbons (Fsp3) is 0.211. The average Bonchev–Trinajstić information content (AvgIpc) is 2.68. The Kier molecular flexibility index (Phi) is 5.55. The Labute approximate surface area is 163 Å². The van der Waals surface area contributed by atoms with E-state index in [2.05, 4.69) is 4.98 Å². The first-order chi connectivity index (χ1) is 12.9. The minimum atomic E-state index is -3.75. The summed E-state index contributed by atoms with van der Waals surface area (Å²) in [6.45, 7) is 0.174. The van der Waals surface area contributed by atoms with Crippen LogP contribution in [0.15, 0.2) is 53.6 Å². The molecule has 0 saturated heterocycles. The summed E-state index contributed by atoms with van der Waals surface area (Å²) < 4.78 is 38.1. The molecule has 8 heteroatoms. The first kappa shape index (κ1) is 19.4. The number of hydrogen-bond donors (Lipinski definition) is 0. The standard InChI is InChI=1S/C19H19ClN2O4S/c1-22(12-13-6-8-16(25-2)17(11-13)26-3)27(23,24)18-9-7-15(20)19-14(18)5-4-10-21-19/h4-11H,12H2,1-3H3. The van der Waals surface area contributed by atoms with Gasteiger partial charge in [-0.3, -0.25) is 4.98 Å². The zero-order valence-corrected chi connectivity index (χ0v) is 16.7. The monoisotopic (exact) mass is 406 g/mol. The van der Waals surface area contributed by atoms with Crippen molar-refractivity contribution < 1.29 is 17.9 Å². The maximum atomic E-state index is 13.1. The summed E-state index contributed by atoms with van der Waals surface area (Å²) in [5.74, 6) is 1.13. The number of hydrogen-bond acceptors (Lipinski definition) is 5. The number of fused-ring (bicyclic) bond motifs is 1. The van der Waals surface area contributed by atoms with E-state index in [0.29, 0.717) is 27.4 Å². The second kappa shape index (κ2) is 7.72. The molecule has 0 aliphatic carbocycles. The van der Waals surface area contributed by atoms with Crippen LogP contribution in [0.4, 0.5) is 0 Å². The van der Waals surface area contributed by atoms with Crippen LogP contribution in [0.25, 0.3) is 10.9 Å². The fourth-order valence-electron chi connectivity index (χ4n) is 2.83. The van der Waals surface area contributed by atoms with Crippen molar-refractivity contribution in [3.05, 3.63) is 59.2 Å². The summed E-state index contributed by atoms with van der Waals surface area (Å²) >= 11 is 6.15. The van der Waals surface area contributed by atoms with Crippen molar-refractivity contribution in [2.75, 3.05) is 21.3 Å². The number of halogens is 1. The van der Waals surface area contributed by atoms with Crippen LogP contribution in [0.1, 0.15) is 5.56 Å². The first-order valence-corrected chi connectivity index (χ1v) is 9.90. The van der Waals surface area contributed by atoms with Crippen molar-refractivity contribution in [3.63, 3.8) is 0 Å². The molecule has 2 aromatic carbocycles. The summed E-state index contributed by atoms with van der Waals surface area (Å²) in [6, 6.07) is 11.7. The van der Waals surface area contributed by atoms with Gasteiger partial charge in [-0.25, -0.2) is 8.42 Å². The third-order valence-electron chi connectivity index (χ3n) is 4.22. The molecule has 0 aliphatic rings. The minimum Gasteiger partial charge on any atom is -0.493 e. The number of ether oxygens (including phenoxy) is 2. The van der Waals surface area contributed by atoms with E-state index < -0.39 is 10.0 Å². The van der Waals surface area contributed by atoms with Gasteiger partial charge < -0.3 is 9.47 Å². The Morgan fingerprint density at radius 2 is 1.81 bits per heavy atom. The molecule has 27 heavy (non-hydrogen) atoms. The Morgan fingerprint density at radius 3 is 2.52 bits per heavy atom. The second-order valence-electron chi connectivity index (χ2n) is 5.90. The molecule has 1 aromatic heterocycles. The van der Waals surface area contributed by atoms with Crippen molar-refractivity contribution in [3.8, 4) is 11.5 Å². The molecular weight excluding hydrogens is 388 g/mol. The largest absolute Gasteiger partial charge is 0.493 e. The quantitative estimate of drug-likeness (QED) is 0.624. The van der Waals surface area contributed by atoms with Gasteiger partial charge in [-0.05, 0) is 42.0 Å². The highest BCUT2D eigenvalue weighted by Gasteiger charge is 2.24. The fourth-order valence-corrected chi connectivity index (χ4v) is 4.38. The summed E-state index contributed by atoms with van der Waals surface area (Å²) in [5.41, 5.74) is 1.23. The molecule has 0 fully saturated rings. The number of methoxy groups -OCH3 is 2. The van der Waals surface area contributed by atoms with Crippen molar-refractivity contribution in [2.45, 2.75) is 11.4 Å². The number of nitrogens with zero attached hydrogens (tertiary/aromatic N) is 2. The molecule has 1 heterocycles. The van der Waals surface area contributed by atoms with E-state index >= 15 is 0 Å². The lowest BCUT2D eigenvalue weighted by atomic mass is 10.2. The van der Waals surface area contributed by atoms with Gasteiger partial charge in [0.25, 0.3) is 0 Å². The molecule has 0 unspecified atom stereocenters. The number of pyridine rings is 1. The summed E-state index contributed by atoms with van der Waals surface area (Å²) in [6.07, 6.45) is 1.58. The van der Waals surface area contributed by atoms with Gasteiger partial charge in [0.05, 0.1) is 29.7 Å². The third-order valence-corrected chi connectivity index (χ3v) is 6.39. The third kappa shape index (κ3) is 3.71. The van der Waals surface area contributed by atoms with E-state index in [1.807, 2.05) is 0 Å². The molecule has 3 aromatic rings. The van der Waals surface area contributed by atoms with Crippen molar-refractivity contribution in [2.24, 2.45) is 0 Å². The zero-order valence-electron chi connectivity index (χ0n) is 15.1. The van der Waals surface area contributed by atoms with E-state index in [1.165, 1.54) is 24.5 Å². The minimum absolute atomic E-state index is 0.165. The van der Waals surface area contributed by atoms with Crippen LogP contribution in [0.5, 0.6) is 11.5 Å². The van der Waals surface area contributed by atoms with Gasteiger partial charge in [-0.1, -0.05) is 17.7 Å². The summed E-state index contributed by atoms with van der Waals surface area (Å²) in [5, 5.41) is 0.899. The zero-order chi connectivity index (χ0) is 19.6. The Morgan fingerprint density at radius 1 is 1.07 bits per heavy atom. The molecule has 6 nitrogen and oxygen atoms in total. The van der Waals surface area contributed by atoms with Crippen molar-refractivity contribution in [1.29, 1.82) is 0 Å². The van der Waals surface area contributed by atoms with Gasteiger partial charge in [-0.2, -0.15) is 4.31 Å². The van der Waals surface area contributed by atoms with Crippen LogP contribution in [-0.2, 0) is 16.6 Å². The highest BCUT2D eigenvalue weighted by Crippen LogP contribution is 2.31. The molecule has 0 bridgehead atoms. The molecule has 0 amide bonds. The first-order valence-electron chi connectivity index (χ1n) is 8.09. The summed E-state index contributed by atoms with van der Waals surface area (Å²) in [7, 11) is 0.863. The van der Waals surface area contributed by atoms with Crippen molar-refractivity contribution >= 4 is 32.5 Å². The highest BCUT2D eigenvalue weighted by atomic mass is 35.5. The molecule has 0 atom stereocenters. The molecule has 0 saturated carbocycles. The molecule has 0 N–H and O–H groups in total. The SMILES string of the molecule is COc1ccc(CN(C)S(=O)(=O)c2ccc(Cl)c3ncccc23)cc1OC. The lowest BCUT2D eigenvalue weighted by molar-refractivity contribution is 0.354. The van der Waals surface area contributed by atoms with E-state index in [0.717, 1.165) is 5.56 Å². The van der Waals surface area contributed by atoms with Gasteiger partial charge in [0.15, 0.2) is 11.5 Å². The molecule has 0 radical (unpaired) electrons. The molecule has 3 rings (SSSR count). The molecule has 142 valence electrons. The maximum absolute atomic E-state index is 13.1. The number of aromatic nitrogens is 1. The predicted molar refractivity (Wildman–Crippen MR) is 105 cm³/mol. The smallest absolute Gasteiger partial charge is 0.243 e. The average molecular weight is 407 g/mol. The predicted octanol–water partition coefficient (Wildman–Crippen LogP) is 3.73. The van der Waals surface area contributed by atoms with E-state index in [4.69, 9.17) is 21.1 Å². The lowest BCUT2D eigenvalue weighted by Gasteiger charge is -2.19. The van der Waals surface area contributed by atoms with Crippen LogP contribution >= 0.6 is 11.6 Å². The van der Waals surface area contributed by atoms with Crippen LogP contribution in [0.2, 0.25) is 5.02 Å².